The topological polar surface area (TPSA) is 39.1 Å². The zero-order valence-electron chi connectivity index (χ0n) is 12.3. The van der Waals surface area contributed by atoms with Crippen molar-refractivity contribution in [3.63, 3.8) is 0 Å². The number of halogens is 1. The van der Waals surface area contributed by atoms with Crippen molar-refractivity contribution in [3.05, 3.63) is 46.2 Å². The molecule has 3 rings (SSSR count). The molecule has 1 aromatic carbocycles. The molecular weight excluding hydrogens is 330 g/mol. The SMILES string of the molecule is CCCn1ncc(Br)c1C(NC)C1COc2ccccc21. The van der Waals surface area contributed by atoms with Crippen molar-refractivity contribution in [2.24, 2.45) is 0 Å². The van der Waals surface area contributed by atoms with E-state index in [1.54, 1.807) is 0 Å². The van der Waals surface area contributed by atoms with Crippen LogP contribution in [0.4, 0.5) is 0 Å². The van der Waals surface area contributed by atoms with Gasteiger partial charge in [0.25, 0.3) is 0 Å². The number of para-hydroxylation sites is 1. The van der Waals surface area contributed by atoms with E-state index < -0.39 is 0 Å². The lowest BCUT2D eigenvalue weighted by atomic mass is 9.91. The molecule has 0 fully saturated rings. The first kappa shape index (κ1) is 14.6. The standard InChI is InChI=1S/C16H20BrN3O/c1-3-8-20-16(13(17)9-19-20)15(18-2)12-10-21-14-7-5-4-6-11(12)14/h4-7,9,12,15,18H,3,8,10H2,1-2H3. The van der Waals surface area contributed by atoms with Crippen LogP contribution >= 0.6 is 15.9 Å². The van der Waals surface area contributed by atoms with E-state index in [4.69, 9.17) is 4.74 Å². The maximum absolute atomic E-state index is 5.85. The molecule has 1 aliphatic rings. The molecule has 0 saturated carbocycles. The summed E-state index contributed by atoms with van der Waals surface area (Å²) in [5, 5.41) is 7.95. The van der Waals surface area contributed by atoms with E-state index >= 15 is 0 Å². The number of likely N-dealkylation sites (N-methyl/N-ethyl adjacent to an activating group) is 1. The quantitative estimate of drug-likeness (QED) is 0.897. The normalized spacial score (nSPS) is 18.3. The number of rotatable bonds is 5. The van der Waals surface area contributed by atoms with E-state index in [1.165, 1.54) is 11.3 Å². The first-order chi connectivity index (χ1) is 10.3. The Hall–Kier alpha value is -1.33. The third-order valence-electron chi connectivity index (χ3n) is 4.01. The first-order valence-corrected chi connectivity index (χ1v) is 8.15. The highest BCUT2D eigenvalue weighted by Gasteiger charge is 2.34. The highest BCUT2D eigenvalue weighted by molar-refractivity contribution is 9.10. The Kier molecular flexibility index (Phi) is 4.31. The van der Waals surface area contributed by atoms with E-state index in [0.717, 1.165) is 23.2 Å². The molecule has 5 heteroatoms. The van der Waals surface area contributed by atoms with Crippen molar-refractivity contribution in [1.82, 2.24) is 15.1 Å². The van der Waals surface area contributed by atoms with E-state index in [-0.39, 0.29) is 6.04 Å². The van der Waals surface area contributed by atoms with Gasteiger partial charge in [-0.15, -0.1) is 0 Å². The van der Waals surface area contributed by atoms with Crippen LogP contribution in [0.1, 0.15) is 36.6 Å². The molecule has 2 heterocycles. The van der Waals surface area contributed by atoms with Crippen molar-refractivity contribution < 1.29 is 4.74 Å². The van der Waals surface area contributed by atoms with Gasteiger partial charge in [-0.05, 0) is 35.5 Å². The molecule has 4 nitrogen and oxygen atoms in total. The van der Waals surface area contributed by atoms with Crippen LogP contribution in [-0.4, -0.2) is 23.4 Å². The summed E-state index contributed by atoms with van der Waals surface area (Å²) < 4.78 is 8.99. The van der Waals surface area contributed by atoms with Crippen LogP contribution in [0.3, 0.4) is 0 Å². The van der Waals surface area contributed by atoms with Crippen LogP contribution in [0.25, 0.3) is 0 Å². The van der Waals surface area contributed by atoms with Gasteiger partial charge in [-0.1, -0.05) is 25.1 Å². The van der Waals surface area contributed by atoms with Crippen LogP contribution < -0.4 is 10.1 Å². The summed E-state index contributed by atoms with van der Waals surface area (Å²) in [6, 6.07) is 8.47. The van der Waals surface area contributed by atoms with Gasteiger partial charge in [-0.3, -0.25) is 4.68 Å². The van der Waals surface area contributed by atoms with Crippen molar-refractivity contribution in [2.75, 3.05) is 13.7 Å². The Morgan fingerprint density at radius 1 is 1.48 bits per heavy atom. The largest absolute Gasteiger partial charge is 0.493 e. The van der Waals surface area contributed by atoms with Gasteiger partial charge in [-0.2, -0.15) is 5.10 Å². The molecule has 1 aromatic heterocycles. The molecule has 1 N–H and O–H groups in total. The molecule has 0 saturated heterocycles. The predicted octanol–water partition coefficient (Wildman–Crippen LogP) is 3.49. The number of aromatic nitrogens is 2. The molecule has 2 atom stereocenters. The smallest absolute Gasteiger partial charge is 0.122 e. The monoisotopic (exact) mass is 349 g/mol. The molecule has 0 amide bonds. The fraction of sp³-hybridized carbons (Fsp3) is 0.438. The van der Waals surface area contributed by atoms with E-state index in [9.17, 15) is 0 Å². The minimum atomic E-state index is 0.178. The van der Waals surface area contributed by atoms with Gasteiger partial charge in [0.15, 0.2) is 0 Å². The van der Waals surface area contributed by atoms with Gasteiger partial charge in [-0.25, -0.2) is 0 Å². The van der Waals surface area contributed by atoms with Gasteiger partial charge in [0, 0.05) is 18.0 Å². The van der Waals surface area contributed by atoms with Crippen LogP contribution in [0.2, 0.25) is 0 Å². The summed E-state index contributed by atoms with van der Waals surface area (Å²) in [5.74, 6) is 1.30. The predicted molar refractivity (Wildman–Crippen MR) is 86.7 cm³/mol. The van der Waals surface area contributed by atoms with Crippen molar-refractivity contribution in [2.45, 2.75) is 31.8 Å². The van der Waals surface area contributed by atoms with Crippen LogP contribution in [-0.2, 0) is 6.54 Å². The Morgan fingerprint density at radius 3 is 3.05 bits per heavy atom. The number of hydrogen-bond acceptors (Lipinski definition) is 3. The van der Waals surface area contributed by atoms with Crippen LogP contribution in [0.15, 0.2) is 34.9 Å². The molecule has 112 valence electrons. The van der Waals surface area contributed by atoms with Crippen LogP contribution in [0.5, 0.6) is 5.75 Å². The highest BCUT2D eigenvalue weighted by Crippen LogP contribution is 2.42. The molecule has 1 aliphatic heterocycles. The summed E-state index contributed by atoms with van der Waals surface area (Å²) in [6.07, 6.45) is 2.95. The lowest BCUT2D eigenvalue weighted by molar-refractivity contribution is 0.298. The molecule has 0 spiro atoms. The zero-order valence-corrected chi connectivity index (χ0v) is 13.9. The molecule has 0 aliphatic carbocycles. The van der Waals surface area contributed by atoms with E-state index in [2.05, 4.69) is 50.1 Å². The van der Waals surface area contributed by atoms with E-state index in [0.29, 0.717) is 12.5 Å². The van der Waals surface area contributed by atoms with Crippen LogP contribution in [0, 0.1) is 0 Å². The van der Waals surface area contributed by atoms with E-state index in [1.807, 2.05) is 25.4 Å². The van der Waals surface area contributed by atoms with Gasteiger partial charge in [0.05, 0.1) is 29.0 Å². The number of ether oxygens (including phenoxy) is 1. The maximum Gasteiger partial charge on any atom is 0.122 e. The molecule has 0 radical (unpaired) electrons. The molecule has 2 unspecified atom stereocenters. The maximum atomic E-state index is 5.85. The Morgan fingerprint density at radius 2 is 2.29 bits per heavy atom. The van der Waals surface area contributed by atoms with Gasteiger partial charge >= 0.3 is 0 Å². The average molecular weight is 350 g/mol. The Balaban J connectivity index is 1.99. The second kappa shape index (κ2) is 6.20. The van der Waals surface area contributed by atoms with Crippen molar-refractivity contribution >= 4 is 15.9 Å². The molecular formula is C16H20BrN3O. The minimum Gasteiger partial charge on any atom is -0.493 e. The molecule has 0 bridgehead atoms. The summed E-state index contributed by atoms with van der Waals surface area (Å²) >= 11 is 3.65. The number of benzene rings is 1. The number of aryl methyl sites for hydroxylation is 1. The zero-order chi connectivity index (χ0) is 14.8. The summed E-state index contributed by atoms with van der Waals surface area (Å²) in [4.78, 5) is 0. The Bertz CT molecular complexity index is 626. The van der Waals surface area contributed by atoms with Crippen molar-refractivity contribution in [3.8, 4) is 5.75 Å². The third-order valence-corrected chi connectivity index (χ3v) is 4.62. The summed E-state index contributed by atoms with van der Waals surface area (Å²) in [6.45, 7) is 3.80. The fourth-order valence-electron chi connectivity index (χ4n) is 3.06. The average Bonchev–Trinajstić information content (AvgIpc) is 3.07. The number of nitrogens with one attached hydrogen (secondary N) is 1. The first-order valence-electron chi connectivity index (χ1n) is 7.36. The third kappa shape index (κ3) is 2.60. The second-order valence-electron chi connectivity index (χ2n) is 5.32. The summed E-state index contributed by atoms with van der Waals surface area (Å²) in [7, 11) is 2.00. The number of fused-ring (bicyclic) bond motifs is 1. The molecule has 2 aromatic rings. The van der Waals surface area contributed by atoms with Crippen molar-refractivity contribution in [1.29, 1.82) is 0 Å². The lowest BCUT2D eigenvalue weighted by Gasteiger charge is -2.24. The van der Waals surface area contributed by atoms with Gasteiger partial charge < -0.3 is 10.1 Å². The fourth-order valence-corrected chi connectivity index (χ4v) is 3.61. The molecule has 21 heavy (non-hydrogen) atoms. The number of hydrogen-bond donors (Lipinski definition) is 1. The second-order valence-corrected chi connectivity index (χ2v) is 6.18. The Labute approximate surface area is 133 Å². The lowest BCUT2D eigenvalue weighted by Crippen LogP contribution is -2.28. The summed E-state index contributed by atoms with van der Waals surface area (Å²) in [5.41, 5.74) is 2.47. The van der Waals surface area contributed by atoms with Gasteiger partial charge in [0.1, 0.15) is 5.75 Å². The minimum absolute atomic E-state index is 0.178. The van der Waals surface area contributed by atoms with Gasteiger partial charge in [0.2, 0.25) is 0 Å². The highest BCUT2D eigenvalue weighted by atomic mass is 79.9. The number of nitrogens with zero attached hydrogens (tertiary/aromatic N) is 2.